The summed E-state index contributed by atoms with van der Waals surface area (Å²) in [5.74, 6) is 1.95. The van der Waals surface area contributed by atoms with Crippen LogP contribution in [-0.2, 0) is 0 Å². The average Bonchev–Trinajstić information content (AvgIpc) is 3.64. The minimum absolute atomic E-state index is 0.643. The lowest BCUT2D eigenvalue weighted by Crippen LogP contribution is -2.00. The number of nitrogens with zero attached hydrogens (tertiary/aromatic N) is 5. The first-order chi connectivity index (χ1) is 21.8. The van der Waals surface area contributed by atoms with Crippen LogP contribution in [0.15, 0.2) is 144 Å². The first-order valence-electron chi connectivity index (χ1n) is 14.5. The summed E-state index contributed by atoms with van der Waals surface area (Å²) in [7, 11) is 0. The van der Waals surface area contributed by atoms with Gasteiger partial charge in [0, 0.05) is 28.3 Å². The predicted octanol–water partition coefficient (Wildman–Crippen LogP) is 9.24. The van der Waals surface area contributed by atoms with Crippen molar-refractivity contribution in [1.29, 1.82) is 0 Å². The van der Waals surface area contributed by atoms with Crippen molar-refractivity contribution >= 4 is 38.6 Å². The molecule has 0 saturated carbocycles. The third-order valence-electron chi connectivity index (χ3n) is 8.05. The van der Waals surface area contributed by atoms with Crippen molar-refractivity contribution in [3.8, 4) is 45.3 Å². The highest BCUT2D eigenvalue weighted by molar-refractivity contribution is 6.03. The van der Waals surface area contributed by atoms with E-state index in [0.29, 0.717) is 17.5 Å². The summed E-state index contributed by atoms with van der Waals surface area (Å²) in [5.41, 5.74) is 8.39. The van der Waals surface area contributed by atoms with Gasteiger partial charge < -0.3 is 4.42 Å². The van der Waals surface area contributed by atoms with Gasteiger partial charge in [0.2, 0.25) is 5.71 Å². The monoisotopic (exact) mass is 565 g/mol. The molecule has 0 aliphatic heterocycles. The number of hydrogen-bond donors (Lipinski definition) is 0. The van der Waals surface area contributed by atoms with Crippen molar-refractivity contribution in [1.82, 2.24) is 24.3 Å². The van der Waals surface area contributed by atoms with E-state index in [1.165, 1.54) is 0 Å². The van der Waals surface area contributed by atoms with Crippen molar-refractivity contribution in [3.63, 3.8) is 0 Å². The molecule has 0 aliphatic carbocycles. The molecule has 0 atom stereocenters. The van der Waals surface area contributed by atoms with Gasteiger partial charge in [-0.3, -0.25) is 4.40 Å². The predicted molar refractivity (Wildman–Crippen MR) is 175 cm³/mol. The van der Waals surface area contributed by atoms with Gasteiger partial charge in [-0.1, -0.05) is 97.1 Å². The molecule has 0 amide bonds. The SMILES string of the molecule is c1ccc(-c2nc(-c3ccccc3)nc(-c3ccc4cc(-c5ccc6nc7c8ccccc8oc7n6c5)ccc4c3)n2)cc1. The zero-order chi connectivity index (χ0) is 29.0. The van der Waals surface area contributed by atoms with E-state index in [-0.39, 0.29) is 0 Å². The number of fused-ring (bicyclic) bond motifs is 6. The van der Waals surface area contributed by atoms with Gasteiger partial charge >= 0.3 is 0 Å². The number of hydrogen-bond acceptors (Lipinski definition) is 5. The maximum absolute atomic E-state index is 6.18. The lowest BCUT2D eigenvalue weighted by atomic mass is 10.0. The van der Waals surface area contributed by atoms with Crippen LogP contribution in [0.4, 0.5) is 0 Å². The Morgan fingerprint density at radius 1 is 0.455 bits per heavy atom. The fourth-order valence-corrected chi connectivity index (χ4v) is 5.82. The Morgan fingerprint density at radius 3 is 1.73 bits per heavy atom. The minimum atomic E-state index is 0.643. The van der Waals surface area contributed by atoms with Crippen molar-refractivity contribution in [2.24, 2.45) is 0 Å². The number of pyridine rings is 1. The van der Waals surface area contributed by atoms with Crippen LogP contribution in [0.2, 0.25) is 0 Å². The number of furan rings is 1. The lowest BCUT2D eigenvalue weighted by molar-refractivity contribution is 0.649. The van der Waals surface area contributed by atoms with E-state index >= 15 is 0 Å². The molecule has 0 radical (unpaired) electrons. The Balaban J connectivity index is 1.12. The summed E-state index contributed by atoms with van der Waals surface area (Å²) in [6.45, 7) is 0. The van der Waals surface area contributed by atoms with Gasteiger partial charge in [-0.05, 0) is 58.3 Å². The molecule has 5 aromatic carbocycles. The summed E-state index contributed by atoms with van der Waals surface area (Å²) < 4.78 is 8.21. The van der Waals surface area contributed by atoms with E-state index in [1.807, 2.05) is 95.4 Å². The quantitative estimate of drug-likeness (QED) is 0.213. The number of aromatic nitrogens is 5. The van der Waals surface area contributed by atoms with Gasteiger partial charge in [-0.25, -0.2) is 19.9 Å². The van der Waals surface area contributed by atoms with Gasteiger partial charge in [-0.15, -0.1) is 0 Å². The van der Waals surface area contributed by atoms with Crippen LogP contribution >= 0.6 is 0 Å². The van der Waals surface area contributed by atoms with Crippen LogP contribution in [0.5, 0.6) is 0 Å². The van der Waals surface area contributed by atoms with E-state index in [0.717, 1.165) is 66.4 Å². The van der Waals surface area contributed by atoms with Gasteiger partial charge in [0.25, 0.3) is 0 Å². The van der Waals surface area contributed by atoms with Crippen molar-refractivity contribution in [2.45, 2.75) is 0 Å². The topological polar surface area (TPSA) is 69.1 Å². The van der Waals surface area contributed by atoms with Crippen LogP contribution in [-0.4, -0.2) is 24.3 Å². The Labute approximate surface area is 251 Å². The van der Waals surface area contributed by atoms with Gasteiger partial charge in [0.05, 0.1) is 0 Å². The summed E-state index contributed by atoms with van der Waals surface area (Å²) in [6, 6.07) is 45.1. The molecule has 6 nitrogen and oxygen atoms in total. The molecule has 9 rings (SSSR count). The zero-order valence-corrected chi connectivity index (χ0v) is 23.4. The fraction of sp³-hybridized carbons (Fsp3) is 0. The molecule has 0 fully saturated rings. The first kappa shape index (κ1) is 24.5. The molecule has 206 valence electrons. The molecule has 0 aliphatic rings. The standard InChI is InChI=1S/C38H23N5O/c1-3-9-24(10-4-1)35-40-36(25-11-5-2-6-12-25)42-37(41-35)29-18-17-26-21-28(16-15-27(26)22-29)30-19-20-33-39-34-31-13-7-8-14-32(31)44-38(34)43(33)23-30/h1-23H. The molecule has 0 bridgehead atoms. The van der Waals surface area contributed by atoms with E-state index in [4.69, 9.17) is 24.4 Å². The highest BCUT2D eigenvalue weighted by Crippen LogP contribution is 2.32. The van der Waals surface area contributed by atoms with E-state index in [1.54, 1.807) is 0 Å². The molecule has 0 unspecified atom stereocenters. The normalized spacial score (nSPS) is 11.6. The average molecular weight is 566 g/mol. The van der Waals surface area contributed by atoms with Crippen molar-refractivity contribution < 1.29 is 4.42 Å². The van der Waals surface area contributed by atoms with Crippen LogP contribution < -0.4 is 0 Å². The number of para-hydroxylation sites is 1. The Morgan fingerprint density at radius 2 is 1.02 bits per heavy atom. The number of benzene rings is 5. The molecule has 0 saturated heterocycles. The molecule has 0 N–H and O–H groups in total. The molecule has 6 heteroatoms. The van der Waals surface area contributed by atoms with Gasteiger partial charge in [0.1, 0.15) is 16.7 Å². The van der Waals surface area contributed by atoms with Gasteiger partial charge in [0.15, 0.2) is 17.5 Å². The highest BCUT2D eigenvalue weighted by Gasteiger charge is 2.15. The van der Waals surface area contributed by atoms with Crippen molar-refractivity contribution in [2.75, 3.05) is 0 Å². The zero-order valence-electron chi connectivity index (χ0n) is 23.4. The molecule has 44 heavy (non-hydrogen) atoms. The van der Waals surface area contributed by atoms with Crippen LogP contribution in [0.3, 0.4) is 0 Å². The maximum Gasteiger partial charge on any atom is 0.232 e. The van der Waals surface area contributed by atoms with E-state index in [9.17, 15) is 0 Å². The van der Waals surface area contributed by atoms with Crippen LogP contribution in [0.1, 0.15) is 0 Å². The summed E-state index contributed by atoms with van der Waals surface area (Å²) in [5, 5.41) is 3.27. The first-order valence-corrected chi connectivity index (χ1v) is 14.5. The van der Waals surface area contributed by atoms with Gasteiger partial charge in [-0.2, -0.15) is 0 Å². The highest BCUT2D eigenvalue weighted by atomic mass is 16.3. The Kier molecular flexibility index (Phi) is 5.40. The minimum Gasteiger partial charge on any atom is -0.437 e. The Bertz CT molecular complexity index is 2440. The fourth-order valence-electron chi connectivity index (χ4n) is 5.82. The Hall–Kier alpha value is -6.14. The van der Waals surface area contributed by atoms with E-state index < -0.39 is 0 Å². The summed E-state index contributed by atoms with van der Waals surface area (Å²) >= 11 is 0. The smallest absolute Gasteiger partial charge is 0.232 e. The van der Waals surface area contributed by atoms with E-state index in [2.05, 4.69) is 48.7 Å². The second-order valence-electron chi connectivity index (χ2n) is 10.8. The summed E-state index contributed by atoms with van der Waals surface area (Å²) in [4.78, 5) is 19.4. The molecule has 4 heterocycles. The number of imidazole rings is 1. The molecule has 0 spiro atoms. The molecular weight excluding hydrogens is 542 g/mol. The summed E-state index contributed by atoms with van der Waals surface area (Å²) in [6.07, 6.45) is 2.10. The lowest BCUT2D eigenvalue weighted by Gasteiger charge is -2.10. The third-order valence-corrected chi connectivity index (χ3v) is 8.05. The molecule has 9 aromatic rings. The van der Waals surface area contributed by atoms with Crippen molar-refractivity contribution in [3.05, 3.63) is 140 Å². The van der Waals surface area contributed by atoms with Crippen LogP contribution in [0, 0.1) is 0 Å². The third kappa shape index (κ3) is 4.04. The number of rotatable bonds is 4. The largest absolute Gasteiger partial charge is 0.437 e. The maximum atomic E-state index is 6.18. The van der Waals surface area contributed by atoms with Crippen LogP contribution in [0.25, 0.3) is 83.9 Å². The molecular formula is C38H23N5O. The second kappa shape index (κ2) is 9.71. The molecule has 4 aromatic heterocycles. The second-order valence-corrected chi connectivity index (χ2v) is 10.8.